The van der Waals surface area contributed by atoms with E-state index < -0.39 is 7.14 Å². The molecular formula is C37H42O2P2. The molecule has 4 aromatic rings. The lowest BCUT2D eigenvalue weighted by Crippen LogP contribution is -2.29. The van der Waals surface area contributed by atoms with Crippen molar-refractivity contribution in [1.82, 2.24) is 0 Å². The van der Waals surface area contributed by atoms with Gasteiger partial charge in [-0.05, 0) is 53.9 Å². The fourth-order valence-electron chi connectivity index (χ4n) is 7.25. The molecular weight excluding hydrogens is 538 g/mol. The van der Waals surface area contributed by atoms with Gasteiger partial charge in [0.05, 0.1) is 7.11 Å². The standard InChI is InChI=1S/C37H42O2P2/c1-39-34-26-16-27-35(40(29-17-6-2-7-18-29)30-19-8-3-9-20-30)37(34)33-25-14-15-28-36(33)41(38,31-21-10-4-11-22-31)32-23-12-5-13-24-32/h4-5,10-16,21-30H,2-3,6-9,17-20H2,1H3. The van der Waals surface area contributed by atoms with Crippen molar-refractivity contribution in [3.05, 3.63) is 103 Å². The molecule has 0 heterocycles. The highest BCUT2D eigenvalue weighted by Crippen LogP contribution is 2.57. The first kappa shape index (κ1) is 28.5. The van der Waals surface area contributed by atoms with Crippen molar-refractivity contribution < 1.29 is 9.30 Å². The van der Waals surface area contributed by atoms with Gasteiger partial charge in [-0.25, -0.2) is 0 Å². The Bertz CT molecular complexity index is 1410. The van der Waals surface area contributed by atoms with Crippen LogP contribution >= 0.6 is 15.1 Å². The van der Waals surface area contributed by atoms with Crippen molar-refractivity contribution in [2.24, 2.45) is 0 Å². The molecule has 4 aromatic carbocycles. The van der Waals surface area contributed by atoms with E-state index in [9.17, 15) is 0 Å². The van der Waals surface area contributed by atoms with Gasteiger partial charge in [0.2, 0.25) is 0 Å². The number of benzene rings is 4. The molecule has 6 rings (SSSR count). The molecule has 2 nitrogen and oxygen atoms in total. The zero-order valence-corrected chi connectivity index (χ0v) is 26.0. The number of hydrogen-bond donors (Lipinski definition) is 0. The fraction of sp³-hybridized carbons (Fsp3) is 0.351. The molecule has 2 aliphatic rings. The molecule has 212 valence electrons. The molecule has 0 radical (unpaired) electrons. The van der Waals surface area contributed by atoms with Crippen LogP contribution in [-0.4, -0.2) is 18.4 Å². The topological polar surface area (TPSA) is 26.3 Å². The minimum atomic E-state index is -3.17. The summed E-state index contributed by atoms with van der Waals surface area (Å²) in [6.07, 6.45) is 13.5. The Labute approximate surface area is 247 Å². The van der Waals surface area contributed by atoms with E-state index in [-0.39, 0.29) is 7.92 Å². The largest absolute Gasteiger partial charge is 0.496 e. The second kappa shape index (κ2) is 13.1. The van der Waals surface area contributed by atoms with Gasteiger partial charge in [-0.3, -0.25) is 0 Å². The first-order valence-corrected chi connectivity index (χ1v) is 18.7. The molecule has 0 amide bonds. The summed E-state index contributed by atoms with van der Waals surface area (Å²) < 4.78 is 21.8. The van der Waals surface area contributed by atoms with Gasteiger partial charge in [0.25, 0.3) is 0 Å². The minimum Gasteiger partial charge on any atom is -0.496 e. The third-order valence-corrected chi connectivity index (χ3v) is 15.8. The van der Waals surface area contributed by atoms with Gasteiger partial charge in [0.15, 0.2) is 7.14 Å². The molecule has 41 heavy (non-hydrogen) atoms. The normalized spacial score (nSPS) is 17.0. The highest BCUT2D eigenvalue weighted by atomic mass is 31.2. The molecule has 4 heteroatoms. The SMILES string of the molecule is COc1cccc(P(C2CCCCC2)C2CCCCC2)c1-c1ccccc1P(=O)(c1ccccc1)c1ccccc1. The predicted octanol–water partition coefficient (Wildman–Crippen LogP) is 8.77. The van der Waals surface area contributed by atoms with E-state index in [1.54, 1.807) is 7.11 Å². The smallest absolute Gasteiger partial charge is 0.171 e. The van der Waals surface area contributed by atoms with Crippen LogP contribution in [0.5, 0.6) is 5.75 Å². The highest BCUT2D eigenvalue weighted by molar-refractivity contribution is 7.85. The molecule has 2 aliphatic carbocycles. The van der Waals surface area contributed by atoms with Crippen LogP contribution in [0.2, 0.25) is 0 Å². The maximum absolute atomic E-state index is 15.7. The average Bonchev–Trinajstić information content (AvgIpc) is 3.06. The maximum Gasteiger partial charge on any atom is 0.171 e. The van der Waals surface area contributed by atoms with Crippen molar-refractivity contribution in [3.63, 3.8) is 0 Å². The first-order valence-electron chi connectivity index (χ1n) is 15.5. The molecule has 0 saturated heterocycles. The Kier molecular flexibility index (Phi) is 9.10. The van der Waals surface area contributed by atoms with Gasteiger partial charge in [-0.2, -0.15) is 0 Å². The fourth-order valence-corrected chi connectivity index (χ4v) is 14.1. The van der Waals surface area contributed by atoms with Crippen molar-refractivity contribution in [1.29, 1.82) is 0 Å². The van der Waals surface area contributed by atoms with Gasteiger partial charge < -0.3 is 9.30 Å². The van der Waals surface area contributed by atoms with Crippen molar-refractivity contribution in [2.45, 2.75) is 75.5 Å². The van der Waals surface area contributed by atoms with E-state index in [1.165, 1.54) is 75.1 Å². The lowest BCUT2D eigenvalue weighted by molar-refractivity contribution is 0.417. The lowest BCUT2D eigenvalue weighted by atomic mass is 9.99. The summed E-state index contributed by atoms with van der Waals surface area (Å²) in [5, 5.41) is 4.12. The summed E-state index contributed by atoms with van der Waals surface area (Å²) in [6, 6.07) is 35.4. The minimum absolute atomic E-state index is 0.385. The Balaban J connectivity index is 1.60. The van der Waals surface area contributed by atoms with Gasteiger partial charge in [0, 0.05) is 21.5 Å². The Morgan fingerprint density at radius 1 is 0.610 bits per heavy atom. The molecule has 0 aliphatic heterocycles. The molecule has 2 fully saturated rings. The Morgan fingerprint density at radius 3 is 1.66 bits per heavy atom. The number of rotatable bonds is 8. The molecule has 0 spiro atoms. The van der Waals surface area contributed by atoms with E-state index >= 15 is 4.57 Å². The molecule has 0 unspecified atom stereocenters. The Hall–Kier alpha value is -2.66. The van der Waals surface area contributed by atoms with Crippen LogP contribution in [0.1, 0.15) is 64.2 Å². The second-order valence-electron chi connectivity index (χ2n) is 11.6. The summed E-state index contributed by atoms with van der Waals surface area (Å²) in [5.41, 5.74) is 3.76. The van der Waals surface area contributed by atoms with Crippen LogP contribution in [0.3, 0.4) is 0 Å². The van der Waals surface area contributed by atoms with Crippen LogP contribution in [0.25, 0.3) is 11.1 Å². The second-order valence-corrected chi connectivity index (χ2v) is 17.1. The maximum atomic E-state index is 15.7. The van der Waals surface area contributed by atoms with Crippen LogP contribution < -0.4 is 26.0 Å². The van der Waals surface area contributed by atoms with Crippen LogP contribution in [0, 0.1) is 0 Å². The van der Waals surface area contributed by atoms with Crippen molar-refractivity contribution >= 4 is 36.3 Å². The quantitative estimate of drug-likeness (QED) is 0.195. The third kappa shape index (κ3) is 5.71. The Morgan fingerprint density at radius 2 is 1.12 bits per heavy atom. The molecule has 0 atom stereocenters. The van der Waals surface area contributed by atoms with Crippen molar-refractivity contribution in [3.8, 4) is 16.9 Å². The third-order valence-electron chi connectivity index (χ3n) is 9.19. The first-order chi connectivity index (χ1) is 20.2. The molecule has 0 bridgehead atoms. The van der Waals surface area contributed by atoms with Gasteiger partial charge in [0.1, 0.15) is 5.75 Å². The van der Waals surface area contributed by atoms with E-state index in [0.29, 0.717) is 0 Å². The lowest BCUT2D eigenvalue weighted by Gasteiger charge is -2.40. The molecule has 2 saturated carbocycles. The van der Waals surface area contributed by atoms with E-state index in [4.69, 9.17) is 4.74 Å². The summed E-state index contributed by atoms with van der Waals surface area (Å²) in [5.74, 6) is 0.904. The summed E-state index contributed by atoms with van der Waals surface area (Å²) in [6.45, 7) is 0. The van der Waals surface area contributed by atoms with E-state index in [1.807, 2.05) is 60.7 Å². The predicted molar refractivity (Wildman–Crippen MR) is 178 cm³/mol. The van der Waals surface area contributed by atoms with Crippen LogP contribution in [-0.2, 0) is 4.57 Å². The summed E-state index contributed by atoms with van der Waals surface area (Å²) in [4.78, 5) is 0. The van der Waals surface area contributed by atoms with Gasteiger partial charge in [-0.15, -0.1) is 0 Å². The van der Waals surface area contributed by atoms with E-state index in [2.05, 4.69) is 42.5 Å². The zero-order valence-electron chi connectivity index (χ0n) is 24.3. The number of ether oxygens (including phenoxy) is 1. The molecule has 0 aromatic heterocycles. The summed E-state index contributed by atoms with van der Waals surface area (Å²) >= 11 is 0. The monoisotopic (exact) mass is 580 g/mol. The van der Waals surface area contributed by atoms with Crippen molar-refractivity contribution in [2.75, 3.05) is 7.11 Å². The molecule has 0 N–H and O–H groups in total. The van der Waals surface area contributed by atoms with Gasteiger partial charge in [-0.1, -0.05) is 144 Å². The van der Waals surface area contributed by atoms with E-state index in [0.717, 1.165) is 38.5 Å². The number of hydrogen-bond acceptors (Lipinski definition) is 2. The summed E-state index contributed by atoms with van der Waals surface area (Å²) in [7, 11) is -1.76. The van der Waals surface area contributed by atoms with Gasteiger partial charge >= 0.3 is 0 Å². The zero-order chi connectivity index (χ0) is 28.1. The van der Waals surface area contributed by atoms with Crippen LogP contribution in [0.15, 0.2) is 103 Å². The number of methoxy groups -OCH3 is 1. The highest BCUT2D eigenvalue weighted by Gasteiger charge is 2.37. The van der Waals surface area contributed by atoms with Crippen LogP contribution in [0.4, 0.5) is 0 Å². The average molecular weight is 581 g/mol.